The lowest BCUT2D eigenvalue weighted by Gasteiger charge is -2.27. The van der Waals surface area contributed by atoms with Crippen LogP contribution in [0.5, 0.6) is 17.2 Å². The predicted molar refractivity (Wildman–Crippen MR) is 142 cm³/mol. The van der Waals surface area contributed by atoms with Gasteiger partial charge in [-0.2, -0.15) is 0 Å². The molecule has 0 aromatic heterocycles. The number of ether oxygens (including phenoxy) is 3. The fourth-order valence-corrected chi connectivity index (χ4v) is 5.01. The maximum absolute atomic E-state index is 13.1. The van der Waals surface area contributed by atoms with E-state index in [1.807, 2.05) is 48.5 Å². The van der Waals surface area contributed by atoms with Gasteiger partial charge in [0.15, 0.2) is 0 Å². The number of fused-ring (bicyclic) bond motifs is 3. The van der Waals surface area contributed by atoms with E-state index in [4.69, 9.17) is 14.2 Å². The van der Waals surface area contributed by atoms with Crippen molar-refractivity contribution in [2.75, 3.05) is 20.8 Å². The zero-order valence-corrected chi connectivity index (χ0v) is 20.8. The Bertz CT molecular complexity index is 1350. The number of phenols is 1. The van der Waals surface area contributed by atoms with Crippen molar-refractivity contribution in [3.63, 3.8) is 0 Å². The lowest BCUT2D eigenvalue weighted by molar-refractivity contribution is 0.0874. The molecule has 4 aromatic carbocycles. The Morgan fingerprint density at radius 3 is 2.14 bits per heavy atom. The van der Waals surface area contributed by atoms with Crippen LogP contribution in [-0.2, 0) is 11.2 Å². The van der Waals surface area contributed by atoms with Crippen molar-refractivity contribution in [1.29, 1.82) is 0 Å². The second-order valence-corrected chi connectivity index (χ2v) is 8.93. The molecule has 5 rings (SSSR count). The lowest BCUT2D eigenvalue weighted by Crippen LogP contribution is -2.30. The average Bonchev–Trinajstić information content (AvgIpc) is 3.27. The summed E-state index contributed by atoms with van der Waals surface area (Å²) in [5.74, 6) is 1.25. The van der Waals surface area contributed by atoms with E-state index in [1.165, 1.54) is 0 Å². The van der Waals surface area contributed by atoms with Crippen molar-refractivity contribution < 1.29 is 24.1 Å². The topological polar surface area (TPSA) is 77.0 Å². The minimum absolute atomic E-state index is 0.211. The summed E-state index contributed by atoms with van der Waals surface area (Å²) in [6.45, 7) is 0.397. The third-order valence-corrected chi connectivity index (χ3v) is 6.79. The molecule has 0 heterocycles. The van der Waals surface area contributed by atoms with Crippen LogP contribution in [0.1, 0.15) is 34.3 Å². The highest BCUT2D eigenvalue weighted by Gasteiger charge is 2.38. The molecule has 6 heteroatoms. The average molecular weight is 496 g/mol. The van der Waals surface area contributed by atoms with Gasteiger partial charge in [-0.05, 0) is 58.5 Å². The van der Waals surface area contributed by atoms with Gasteiger partial charge in [0.05, 0.1) is 20.1 Å². The normalized spacial score (nSPS) is 12.8. The second kappa shape index (κ2) is 10.7. The third-order valence-electron chi connectivity index (χ3n) is 6.79. The zero-order chi connectivity index (χ0) is 25.8. The molecule has 6 nitrogen and oxygen atoms in total. The Balaban J connectivity index is 1.47. The number of carbonyl (C=O) groups is 1. The van der Waals surface area contributed by atoms with E-state index < -0.39 is 12.2 Å². The number of methoxy groups -OCH3 is 2. The summed E-state index contributed by atoms with van der Waals surface area (Å²) >= 11 is 0. The van der Waals surface area contributed by atoms with Gasteiger partial charge in [0.25, 0.3) is 0 Å². The monoisotopic (exact) mass is 495 g/mol. The van der Waals surface area contributed by atoms with Gasteiger partial charge in [-0.1, -0.05) is 60.7 Å². The first kappa shape index (κ1) is 24.3. The first-order valence-corrected chi connectivity index (χ1v) is 12.2. The van der Waals surface area contributed by atoms with Crippen LogP contribution >= 0.6 is 0 Å². The van der Waals surface area contributed by atoms with Crippen LogP contribution in [0.15, 0.2) is 91.0 Å². The van der Waals surface area contributed by atoms with E-state index in [0.29, 0.717) is 24.5 Å². The summed E-state index contributed by atoms with van der Waals surface area (Å²) in [6, 6.07) is 29.0. The number of nitrogens with one attached hydrogen (secondary N) is 1. The number of aromatic hydroxyl groups is 1. The molecule has 1 aliphatic carbocycles. The fourth-order valence-electron chi connectivity index (χ4n) is 5.01. The number of hydrogen-bond acceptors (Lipinski definition) is 5. The zero-order valence-electron chi connectivity index (χ0n) is 20.8. The molecule has 0 saturated carbocycles. The summed E-state index contributed by atoms with van der Waals surface area (Å²) < 4.78 is 17.3. The molecule has 2 N–H and O–H groups in total. The fraction of sp³-hybridized carbons (Fsp3) is 0.194. The first-order valence-electron chi connectivity index (χ1n) is 12.2. The SMILES string of the molecule is COc1ccc(C(OC(=O)NCCc2ccc(O)cc2)C2c3ccccc3-c3ccccc32)c(OC)c1. The molecular formula is C31H29NO5. The first-order chi connectivity index (χ1) is 18.1. The van der Waals surface area contributed by atoms with Crippen LogP contribution in [0, 0.1) is 0 Å². The van der Waals surface area contributed by atoms with E-state index in [0.717, 1.165) is 33.4 Å². The van der Waals surface area contributed by atoms with Crippen LogP contribution in [0.25, 0.3) is 11.1 Å². The minimum atomic E-state index is -0.640. The molecule has 4 aromatic rings. The molecule has 1 unspecified atom stereocenters. The molecule has 0 radical (unpaired) electrons. The van der Waals surface area contributed by atoms with Gasteiger partial charge in [0.1, 0.15) is 23.4 Å². The standard InChI is InChI=1S/C31H29NO5/c1-35-22-15-16-27(28(19-22)36-2)30(37-31(34)32-18-17-20-11-13-21(33)14-12-20)29-25-9-5-3-7-23(25)24-8-4-6-10-26(24)29/h3-16,19,29-30,33H,17-18H2,1-2H3,(H,32,34). The Hall–Kier alpha value is -4.45. The Morgan fingerprint density at radius 2 is 1.51 bits per heavy atom. The Morgan fingerprint density at radius 1 is 0.865 bits per heavy atom. The minimum Gasteiger partial charge on any atom is -0.508 e. The smallest absolute Gasteiger partial charge is 0.407 e. The van der Waals surface area contributed by atoms with Crippen molar-refractivity contribution in [1.82, 2.24) is 5.32 Å². The number of benzene rings is 4. The van der Waals surface area contributed by atoms with E-state index in [9.17, 15) is 9.90 Å². The summed E-state index contributed by atoms with van der Waals surface area (Å²) in [5, 5.41) is 12.4. The summed E-state index contributed by atoms with van der Waals surface area (Å²) in [7, 11) is 3.21. The van der Waals surface area contributed by atoms with E-state index in [1.54, 1.807) is 32.4 Å². The number of amides is 1. The van der Waals surface area contributed by atoms with E-state index in [2.05, 4.69) is 29.6 Å². The molecule has 37 heavy (non-hydrogen) atoms. The summed E-state index contributed by atoms with van der Waals surface area (Å²) in [4.78, 5) is 13.1. The Labute approximate surface area is 216 Å². The van der Waals surface area contributed by atoms with Crippen LogP contribution in [0.4, 0.5) is 4.79 Å². The number of carbonyl (C=O) groups excluding carboxylic acids is 1. The van der Waals surface area contributed by atoms with Gasteiger partial charge in [0.2, 0.25) is 0 Å². The maximum atomic E-state index is 13.1. The highest BCUT2D eigenvalue weighted by molar-refractivity contribution is 5.80. The van der Waals surface area contributed by atoms with Crippen molar-refractivity contribution in [2.45, 2.75) is 18.4 Å². The lowest BCUT2D eigenvalue weighted by atomic mass is 9.86. The molecule has 0 fully saturated rings. The Kier molecular flexibility index (Phi) is 6.99. The van der Waals surface area contributed by atoms with Crippen molar-refractivity contribution >= 4 is 6.09 Å². The second-order valence-electron chi connectivity index (χ2n) is 8.93. The number of hydrogen-bond donors (Lipinski definition) is 2. The van der Waals surface area contributed by atoms with Crippen LogP contribution < -0.4 is 14.8 Å². The molecule has 1 atom stereocenters. The molecule has 188 valence electrons. The van der Waals surface area contributed by atoms with Gasteiger partial charge >= 0.3 is 6.09 Å². The molecule has 0 aliphatic heterocycles. The van der Waals surface area contributed by atoms with Gasteiger partial charge in [0, 0.05) is 18.2 Å². The van der Waals surface area contributed by atoms with Crippen molar-refractivity contribution in [2.24, 2.45) is 0 Å². The predicted octanol–water partition coefficient (Wildman–Crippen LogP) is 6.23. The number of rotatable bonds is 8. The van der Waals surface area contributed by atoms with Crippen LogP contribution in [0.3, 0.4) is 0 Å². The molecule has 0 saturated heterocycles. The molecule has 1 aliphatic rings. The summed E-state index contributed by atoms with van der Waals surface area (Å²) in [6.07, 6.45) is -0.538. The largest absolute Gasteiger partial charge is 0.508 e. The van der Waals surface area contributed by atoms with Gasteiger partial charge in [-0.15, -0.1) is 0 Å². The van der Waals surface area contributed by atoms with Crippen molar-refractivity contribution in [3.05, 3.63) is 113 Å². The summed E-state index contributed by atoms with van der Waals surface area (Å²) in [5.41, 5.74) is 6.24. The van der Waals surface area contributed by atoms with Crippen molar-refractivity contribution in [3.8, 4) is 28.4 Å². The van der Waals surface area contributed by atoms with Gasteiger partial charge < -0.3 is 24.6 Å². The quantitative estimate of drug-likeness (QED) is 0.303. The maximum Gasteiger partial charge on any atom is 0.407 e. The highest BCUT2D eigenvalue weighted by Crippen LogP contribution is 2.52. The molecular weight excluding hydrogens is 466 g/mol. The highest BCUT2D eigenvalue weighted by atomic mass is 16.6. The van der Waals surface area contributed by atoms with E-state index in [-0.39, 0.29) is 11.7 Å². The third kappa shape index (κ3) is 4.96. The van der Waals surface area contributed by atoms with E-state index >= 15 is 0 Å². The van der Waals surface area contributed by atoms with Gasteiger partial charge in [-0.3, -0.25) is 0 Å². The number of phenolic OH excluding ortho intramolecular Hbond substituents is 1. The molecule has 0 spiro atoms. The molecule has 0 bridgehead atoms. The van der Waals surface area contributed by atoms with Crippen LogP contribution in [0.2, 0.25) is 0 Å². The van der Waals surface area contributed by atoms with Gasteiger partial charge in [-0.25, -0.2) is 4.79 Å². The number of alkyl carbamates (subject to hydrolysis) is 1. The molecule has 1 amide bonds. The van der Waals surface area contributed by atoms with Crippen LogP contribution in [-0.4, -0.2) is 32.0 Å².